The van der Waals surface area contributed by atoms with Gasteiger partial charge < -0.3 is 15.1 Å². The molecule has 2 unspecified atom stereocenters. The quantitative estimate of drug-likeness (QED) is 0.909. The Morgan fingerprint density at radius 1 is 1.21 bits per heavy atom. The molecule has 2 atom stereocenters. The molecule has 24 heavy (non-hydrogen) atoms. The van der Waals surface area contributed by atoms with Crippen molar-refractivity contribution in [3.63, 3.8) is 0 Å². The average molecular weight is 329 g/mol. The van der Waals surface area contributed by atoms with Crippen molar-refractivity contribution in [2.24, 2.45) is 5.92 Å². The van der Waals surface area contributed by atoms with Gasteiger partial charge in [0.25, 0.3) is 0 Å². The smallest absolute Gasteiger partial charge is 0.227 e. The maximum absolute atomic E-state index is 12.9. The van der Waals surface area contributed by atoms with Gasteiger partial charge >= 0.3 is 0 Å². The minimum Gasteiger partial charge on any atom is -0.342 e. The van der Waals surface area contributed by atoms with Crippen LogP contribution in [0.5, 0.6) is 0 Å². The summed E-state index contributed by atoms with van der Waals surface area (Å²) in [5.41, 5.74) is 1.03. The van der Waals surface area contributed by atoms with Gasteiger partial charge in [0.1, 0.15) is 0 Å². The van der Waals surface area contributed by atoms with Crippen molar-refractivity contribution < 1.29 is 9.59 Å². The molecule has 0 aliphatic carbocycles. The second-order valence-corrected chi connectivity index (χ2v) is 6.93. The van der Waals surface area contributed by atoms with Gasteiger partial charge in [0.05, 0.1) is 12.3 Å². The summed E-state index contributed by atoms with van der Waals surface area (Å²) in [6.45, 7) is 5.92. The molecule has 0 aromatic heterocycles. The number of hydrogen-bond donors (Lipinski definition) is 1. The van der Waals surface area contributed by atoms with Gasteiger partial charge in [-0.3, -0.25) is 9.59 Å². The average Bonchev–Trinajstić information content (AvgIpc) is 2.62. The van der Waals surface area contributed by atoms with E-state index in [1.807, 2.05) is 40.1 Å². The van der Waals surface area contributed by atoms with Crippen LogP contribution in [0.4, 0.5) is 0 Å². The summed E-state index contributed by atoms with van der Waals surface area (Å²) in [5, 5.41) is 3.32. The summed E-state index contributed by atoms with van der Waals surface area (Å²) < 4.78 is 0. The zero-order valence-electron chi connectivity index (χ0n) is 14.4. The highest BCUT2D eigenvalue weighted by atomic mass is 16.2. The SMILES string of the molecule is CC1CNCCN1C(=O)C1CCCN(C(=O)Cc2ccccc2)C1. The van der Waals surface area contributed by atoms with E-state index < -0.39 is 0 Å². The van der Waals surface area contributed by atoms with Crippen molar-refractivity contribution >= 4 is 11.8 Å². The summed E-state index contributed by atoms with van der Waals surface area (Å²) in [6.07, 6.45) is 2.23. The van der Waals surface area contributed by atoms with Gasteiger partial charge in [-0.1, -0.05) is 30.3 Å². The second-order valence-electron chi connectivity index (χ2n) is 6.93. The number of piperazine rings is 1. The van der Waals surface area contributed by atoms with Gasteiger partial charge in [-0.25, -0.2) is 0 Å². The summed E-state index contributed by atoms with van der Waals surface area (Å²) in [4.78, 5) is 29.3. The number of carbonyl (C=O) groups is 2. The molecule has 1 aromatic rings. The predicted molar refractivity (Wildman–Crippen MR) is 93.5 cm³/mol. The summed E-state index contributed by atoms with van der Waals surface area (Å²) in [6, 6.07) is 10.1. The van der Waals surface area contributed by atoms with Crippen LogP contribution in [0.25, 0.3) is 0 Å². The van der Waals surface area contributed by atoms with E-state index in [9.17, 15) is 9.59 Å². The zero-order chi connectivity index (χ0) is 16.9. The first-order valence-electron chi connectivity index (χ1n) is 8.98. The number of nitrogens with zero attached hydrogens (tertiary/aromatic N) is 2. The third kappa shape index (κ3) is 3.96. The van der Waals surface area contributed by atoms with Crippen molar-refractivity contribution in [1.29, 1.82) is 0 Å². The van der Waals surface area contributed by atoms with Crippen LogP contribution in [0.2, 0.25) is 0 Å². The Hall–Kier alpha value is -1.88. The van der Waals surface area contributed by atoms with E-state index in [1.54, 1.807) is 0 Å². The van der Waals surface area contributed by atoms with Crippen LogP contribution in [0.3, 0.4) is 0 Å². The van der Waals surface area contributed by atoms with E-state index in [2.05, 4.69) is 12.2 Å². The van der Waals surface area contributed by atoms with Crippen molar-refractivity contribution in [3.8, 4) is 0 Å². The Kier molecular flexibility index (Phi) is 5.51. The first kappa shape index (κ1) is 17.0. The number of benzene rings is 1. The number of piperidine rings is 1. The van der Waals surface area contributed by atoms with Gasteiger partial charge in [-0.2, -0.15) is 0 Å². The largest absolute Gasteiger partial charge is 0.342 e. The molecule has 1 aromatic carbocycles. The molecule has 5 nitrogen and oxygen atoms in total. The second kappa shape index (κ2) is 7.79. The van der Waals surface area contributed by atoms with Crippen LogP contribution < -0.4 is 5.32 Å². The highest BCUT2D eigenvalue weighted by Crippen LogP contribution is 2.21. The molecule has 2 aliphatic rings. The number of nitrogens with one attached hydrogen (secondary N) is 1. The van der Waals surface area contributed by atoms with E-state index in [-0.39, 0.29) is 23.8 Å². The van der Waals surface area contributed by atoms with E-state index in [0.29, 0.717) is 13.0 Å². The van der Waals surface area contributed by atoms with Crippen LogP contribution in [0, 0.1) is 5.92 Å². The van der Waals surface area contributed by atoms with Gasteiger partial charge in [0.2, 0.25) is 11.8 Å². The fourth-order valence-corrected chi connectivity index (χ4v) is 3.69. The summed E-state index contributed by atoms with van der Waals surface area (Å²) in [5.74, 6) is 0.312. The van der Waals surface area contributed by atoms with Crippen molar-refractivity contribution in [3.05, 3.63) is 35.9 Å². The molecule has 2 fully saturated rings. The monoisotopic (exact) mass is 329 g/mol. The third-order valence-corrected chi connectivity index (χ3v) is 5.11. The number of rotatable bonds is 3. The normalized spacial score (nSPS) is 24.7. The Labute approximate surface area is 144 Å². The molecule has 0 bridgehead atoms. The Balaban J connectivity index is 1.59. The van der Waals surface area contributed by atoms with Crippen LogP contribution >= 0.6 is 0 Å². The molecule has 2 saturated heterocycles. The highest BCUT2D eigenvalue weighted by Gasteiger charge is 2.33. The summed E-state index contributed by atoms with van der Waals surface area (Å²) in [7, 11) is 0. The summed E-state index contributed by atoms with van der Waals surface area (Å²) >= 11 is 0. The molecule has 2 aliphatic heterocycles. The molecule has 2 heterocycles. The Bertz CT molecular complexity index is 575. The first-order valence-corrected chi connectivity index (χ1v) is 8.98. The molecule has 3 rings (SSSR count). The van der Waals surface area contributed by atoms with Gasteiger partial charge in [0.15, 0.2) is 0 Å². The van der Waals surface area contributed by atoms with Crippen molar-refractivity contribution in [2.45, 2.75) is 32.2 Å². The molecule has 0 saturated carbocycles. The van der Waals surface area contributed by atoms with Crippen molar-refractivity contribution in [2.75, 3.05) is 32.7 Å². The lowest BCUT2D eigenvalue weighted by Gasteiger charge is -2.39. The maximum atomic E-state index is 12.9. The minimum absolute atomic E-state index is 0.0426. The first-order chi connectivity index (χ1) is 11.6. The minimum atomic E-state index is -0.0426. The van der Waals surface area contributed by atoms with E-state index >= 15 is 0 Å². The third-order valence-electron chi connectivity index (χ3n) is 5.11. The molecule has 130 valence electrons. The van der Waals surface area contributed by atoms with E-state index in [1.165, 1.54) is 0 Å². The highest BCUT2D eigenvalue weighted by molar-refractivity contribution is 5.82. The Morgan fingerprint density at radius 3 is 2.75 bits per heavy atom. The molecule has 0 spiro atoms. The fourth-order valence-electron chi connectivity index (χ4n) is 3.69. The molecule has 1 N–H and O–H groups in total. The lowest BCUT2D eigenvalue weighted by Crippen LogP contribution is -2.56. The van der Waals surface area contributed by atoms with Crippen LogP contribution in [0.15, 0.2) is 30.3 Å². The number of carbonyl (C=O) groups excluding carboxylic acids is 2. The lowest BCUT2D eigenvalue weighted by molar-refractivity contribution is -0.142. The number of hydrogen-bond acceptors (Lipinski definition) is 3. The van der Waals surface area contributed by atoms with Gasteiger partial charge in [-0.05, 0) is 25.3 Å². The van der Waals surface area contributed by atoms with Crippen LogP contribution in [0.1, 0.15) is 25.3 Å². The molecule has 0 radical (unpaired) electrons. The molecular weight excluding hydrogens is 302 g/mol. The predicted octanol–water partition coefficient (Wildman–Crippen LogP) is 1.29. The van der Waals surface area contributed by atoms with E-state index in [4.69, 9.17) is 0 Å². The van der Waals surface area contributed by atoms with Crippen LogP contribution in [-0.4, -0.2) is 60.4 Å². The maximum Gasteiger partial charge on any atom is 0.227 e. The van der Waals surface area contributed by atoms with Gasteiger partial charge in [-0.15, -0.1) is 0 Å². The van der Waals surface area contributed by atoms with E-state index in [0.717, 1.165) is 44.6 Å². The van der Waals surface area contributed by atoms with Crippen molar-refractivity contribution in [1.82, 2.24) is 15.1 Å². The lowest BCUT2D eigenvalue weighted by atomic mass is 9.95. The molecule has 2 amide bonds. The number of amides is 2. The Morgan fingerprint density at radius 2 is 2.00 bits per heavy atom. The topological polar surface area (TPSA) is 52.7 Å². The molecule has 5 heteroatoms. The fraction of sp³-hybridized carbons (Fsp3) is 0.579. The zero-order valence-corrected chi connectivity index (χ0v) is 14.4. The van der Waals surface area contributed by atoms with Gasteiger partial charge in [0, 0.05) is 38.8 Å². The molecular formula is C19H27N3O2. The standard InChI is InChI=1S/C19H27N3O2/c1-15-13-20-9-11-22(15)19(24)17-8-5-10-21(14-17)18(23)12-16-6-3-2-4-7-16/h2-4,6-7,15,17,20H,5,8-14H2,1H3. The van der Waals surface area contributed by atoms with Crippen LogP contribution in [-0.2, 0) is 16.0 Å². The number of likely N-dealkylation sites (tertiary alicyclic amines) is 1.